The van der Waals surface area contributed by atoms with Crippen LogP contribution in [0, 0.1) is 17.3 Å². The highest BCUT2D eigenvalue weighted by molar-refractivity contribution is 5.88. The second kappa shape index (κ2) is 18.3. The van der Waals surface area contributed by atoms with E-state index in [2.05, 4.69) is 45.2 Å². The monoisotopic (exact) mass is 584 g/mol. The van der Waals surface area contributed by atoms with Gasteiger partial charge in [-0.3, -0.25) is 0 Å². The molecule has 2 N–H and O–H groups in total. The van der Waals surface area contributed by atoms with E-state index in [1.54, 1.807) is 6.92 Å². The molecule has 0 amide bonds. The first-order chi connectivity index (χ1) is 20.0. The average molecular weight is 585 g/mol. The minimum atomic E-state index is -0.553. The summed E-state index contributed by atoms with van der Waals surface area (Å²) in [5.74, 6) is -0.262. The van der Waals surface area contributed by atoms with E-state index in [-0.39, 0.29) is 38.4 Å². The molecule has 0 heterocycles. The van der Waals surface area contributed by atoms with Gasteiger partial charge >= 0.3 is 11.9 Å². The lowest BCUT2D eigenvalue weighted by Gasteiger charge is -2.33. The Hall–Kier alpha value is -2.44. The Morgan fingerprint density at radius 3 is 2.19 bits per heavy atom. The fourth-order valence-corrected chi connectivity index (χ4v) is 5.88. The van der Waals surface area contributed by atoms with Crippen molar-refractivity contribution in [3.05, 3.63) is 59.2 Å². The number of hydrogen-bond acceptors (Lipinski definition) is 6. The Morgan fingerprint density at radius 1 is 0.976 bits per heavy atom. The Labute approximate surface area is 254 Å². The van der Waals surface area contributed by atoms with Gasteiger partial charge in [-0.15, -0.1) is 0 Å². The normalized spacial score (nSPS) is 18.4. The van der Waals surface area contributed by atoms with Gasteiger partial charge in [0.1, 0.15) is 13.2 Å². The van der Waals surface area contributed by atoms with Crippen molar-refractivity contribution in [2.45, 2.75) is 111 Å². The molecule has 0 aromatic heterocycles. The molecule has 0 bridgehead atoms. The van der Waals surface area contributed by atoms with E-state index >= 15 is 0 Å². The molecule has 0 spiro atoms. The minimum absolute atomic E-state index is 0.0942. The predicted octanol–water partition coefficient (Wildman–Crippen LogP) is 7.25. The summed E-state index contributed by atoms with van der Waals surface area (Å²) >= 11 is 0. The molecule has 0 aliphatic heterocycles. The molecule has 2 rings (SSSR count). The van der Waals surface area contributed by atoms with Crippen LogP contribution in [-0.2, 0) is 31.9 Å². The molecule has 6 heteroatoms. The Balaban J connectivity index is 1.96. The van der Waals surface area contributed by atoms with Gasteiger partial charge in [0.05, 0.1) is 0 Å². The molecule has 1 aliphatic carbocycles. The molecule has 0 saturated heterocycles. The number of rotatable bonds is 19. The summed E-state index contributed by atoms with van der Waals surface area (Å²) in [6, 6.07) is 7.20. The maximum absolute atomic E-state index is 12.6. The van der Waals surface area contributed by atoms with E-state index in [1.165, 1.54) is 55.2 Å². The van der Waals surface area contributed by atoms with Crippen molar-refractivity contribution in [3.8, 4) is 0 Å². The average Bonchev–Trinajstić information content (AvgIpc) is 3.00. The molecule has 1 fully saturated rings. The maximum Gasteiger partial charge on any atom is 0.333 e. The van der Waals surface area contributed by atoms with Crippen LogP contribution in [0.4, 0.5) is 0 Å². The number of benzene rings is 1. The number of carbonyl (C=O) groups is 2. The molecule has 1 unspecified atom stereocenters. The molecular formula is C36H56O6. The lowest BCUT2D eigenvalue weighted by atomic mass is 9.74. The molecule has 1 aromatic carbocycles. The zero-order valence-electron chi connectivity index (χ0n) is 26.7. The number of esters is 2. The third-order valence-electron chi connectivity index (χ3n) is 8.93. The topological polar surface area (TPSA) is 93.1 Å². The smallest absolute Gasteiger partial charge is 0.333 e. The largest absolute Gasteiger partial charge is 0.462 e. The first kappa shape index (κ1) is 35.8. The van der Waals surface area contributed by atoms with Crippen molar-refractivity contribution >= 4 is 11.9 Å². The van der Waals surface area contributed by atoms with Crippen LogP contribution in [0.1, 0.15) is 115 Å². The highest BCUT2D eigenvalue weighted by Gasteiger charge is 2.32. The molecule has 1 aliphatic rings. The van der Waals surface area contributed by atoms with Crippen molar-refractivity contribution in [1.82, 2.24) is 0 Å². The van der Waals surface area contributed by atoms with Crippen LogP contribution in [0.2, 0.25) is 0 Å². The summed E-state index contributed by atoms with van der Waals surface area (Å²) in [6.07, 6.45) is 12.6. The van der Waals surface area contributed by atoms with E-state index in [4.69, 9.17) is 9.47 Å². The van der Waals surface area contributed by atoms with Crippen LogP contribution in [0.15, 0.2) is 42.5 Å². The summed E-state index contributed by atoms with van der Waals surface area (Å²) in [7, 11) is 0. The van der Waals surface area contributed by atoms with Gasteiger partial charge in [0, 0.05) is 35.7 Å². The zero-order chi connectivity index (χ0) is 31.1. The van der Waals surface area contributed by atoms with E-state index in [1.807, 2.05) is 6.92 Å². The quantitative estimate of drug-likeness (QED) is 0.101. The minimum Gasteiger partial charge on any atom is -0.462 e. The van der Waals surface area contributed by atoms with E-state index in [0.717, 1.165) is 32.1 Å². The molecule has 1 saturated carbocycles. The number of ether oxygens (including phenoxy) is 2. The number of aliphatic hydroxyl groups excluding tert-OH is 2. The second-order valence-electron chi connectivity index (χ2n) is 12.9. The molecule has 1 atom stereocenters. The van der Waals surface area contributed by atoms with Gasteiger partial charge in [-0.25, -0.2) is 9.59 Å². The maximum atomic E-state index is 12.6. The SMILES string of the molecule is C=C(C)C(=O)OCC(C)(CCC1CCC(c2ccc(CCCCC)c(CC)c2)CC1)COC(=O)C(=C)CC(CO)CO. The number of unbranched alkanes of at least 4 members (excludes halogenated alkanes) is 2. The van der Waals surface area contributed by atoms with Crippen LogP contribution in [-0.4, -0.2) is 48.6 Å². The van der Waals surface area contributed by atoms with Gasteiger partial charge in [-0.2, -0.15) is 0 Å². The first-order valence-electron chi connectivity index (χ1n) is 16.1. The molecule has 6 nitrogen and oxygen atoms in total. The summed E-state index contributed by atoms with van der Waals surface area (Å²) in [4.78, 5) is 24.7. The van der Waals surface area contributed by atoms with Gasteiger partial charge in [0.25, 0.3) is 0 Å². The van der Waals surface area contributed by atoms with Crippen LogP contribution in [0.25, 0.3) is 0 Å². The lowest BCUT2D eigenvalue weighted by molar-refractivity contribution is -0.149. The zero-order valence-corrected chi connectivity index (χ0v) is 26.7. The third-order valence-corrected chi connectivity index (χ3v) is 8.93. The Bertz CT molecular complexity index is 1020. The predicted molar refractivity (Wildman–Crippen MR) is 169 cm³/mol. The summed E-state index contributed by atoms with van der Waals surface area (Å²) in [5.41, 5.74) is 4.50. The number of hydrogen-bond donors (Lipinski definition) is 2. The van der Waals surface area contributed by atoms with Gasteiger partial charge < -0.3 is 19.7 Å². The van der Waals surface area contributed by atoms with Crippen LogP contribution < -0.4 is 0 Å². The van der Waals surface area contributed by atoms with Crippen molar-refractivity contribution in [1.29, 1.82) is 0 Å². The molecule has 236 valence electrons. The summed E-state index contributed by atoms with van der Waals surface area (Å²) < 4.78 is 11.1. The van der Waals surface area contributed by atoms with E-state index in [9.17, 15) is 19.8 Å². The van der Waals surface area contributed by atoms with E-state index < -0.39 is 23.3 Å². The Morgan fingerprint density at radius 2 is 1.62 bits per heavy atom. The lowest BCUT2D eigenvalue weighted by Crippen LogP contribution is -2.33. The third kappa shape index (κ3) is 11.7. The van der Waals surface area contributed by atoms with Crippen LogP contribution in [0.5, 0.6) is 0 Å². The van der Waals surface area contributed by atoms with Crippen molar-refractivity contribution in [3.63, 3.8) is 0 Å². The number of carbonyl (C=O) groups excluding carboxylic acids is 2. The van der Waals surface area contributed by atoms with Crippen molar-refractivity contribution < 1.29 is 29.3 Å². The van der Waals surface area contributed by atoms with E-state index in [0.29, 0.717) is 17.4 Å². The highest BCUT2D eigenvalue weighted by atomic mass is 16.5. The summed E-state index contributed by atoms with van der Waals surface area (Å²) in [5, 5.41) is 18.6. The molecule has 0 radical (unpaired) electrons. The summed E-state index contributed by atoms with van der Waals surface area (Å²) in [6.45, 7) is 15.3. The molecular weight excluding hydrogens is 528 g/mol. The van der Waals surface area contributed by atoms with Gasteiger partial charge in [-0.1, -0.05) is 65.0 Å². The number of aryl methyl sites for hydroxylation is 2. The molecule has 42 heavy (non-hydrogen) atoms. The van der Waals surface area contributed by atoms with Crippen molar-refractivity contribution in [2.24, 2.45) is 17.3 Å². The van der Waals surface area contributed by atoms with Crippen LogP contribution >= 0.6 is 0 Å². The van der Waals surface area contributed by atoms with Crippen LogP contribution in [0.3, 0.4) is 0 Å². The Kier molecular flexibility index (Phi) is 15.6. The van der Waals surface area contributed by atoms with Crippen molar-refractivity contribution in [2.75, 3.05) is 26.4 Å². The standard InChI is InChI=1S/C36H56O6/c1-7-9-10-11-31-16-17-33(21-30(31)8-2)32-14-12-28(13-15-32)18-19-36(6,24-41-34(39)26(3)4)25-42-35(40)27(5)20-29(22-37)23-38/h16-17,21,28-29,32,37-38H,3,5,7-15,18-20,22-25H2,1-2,4,6H3. The number of aliphatic hydroxyl groups is 2. The highest BCUT2D eigenvalue weighted by Crippen LogP contribution is 2.40. The van der Waals surface area contributed by atoms with Gasteiger partial charge in [0.15, 0.2) is 0 Å². The fraction of sp³-hybridized carbons (Fsp3) is 0.667. The first-order valence-corrected chi connectivity index (χ1v) is 16.1. The molecule has 1 aromatic rings. The van der Waals surface area contributed by atoms with Gasteiger partial charge in [-0.05, 0) is 99.7 Å². The second-order valence-corrected chi connectivity index (χ2v) is 12.9. The fourth-order valence-electron chi connectivity index (χ4n) is 5.88. The van der Waals surface area contributed by atoms with Gasteiger partial charge in [0.2, 0.25) is 0 Å².